The Morgan fingerprint density at radius 2 is 1.92 bits per heavy atom. The summed E-state index contributed by atoms with van der Waals surface area (Å²) >= 11 is 0. The highest BCUT2D eigenvalue weighted by Gasteiger charge is 2.32. The minimum Gasteiger partial charge on any atom is -0.346 e. The van der Waals surface area contributed by atoms with Gasteiger partial charge in [0.2, 0.25) is 17.7 Å². The first-order chi connectivity index (χ1) is 11.9. The van der Waals surface area contributed by atoms with Crippen molar-refractivity contribution in [3.05, 3.63) is 35.9 Å². The van der Waals surface area contributed by atoms with Gasteiger partial charge in [-0.15, -0.1) is 12.4 Å². The maximum Gasteiger partial charge on any atom is 0.245 e. The molecule has 8 heteroatoms. The highest BCUT2D eigenvalue weighted by Crippen LogP contribution is 2.15. The maximum absolute atomic E-state index is 12.4. The third-order valence-corrected chi connectivity index (χ3v) is 4.29. The van der Waals surface area contributed by atoms with Crippen LogP contribution < -0.4 is 16.4 Å². The van der Waals surface area contributed by atoms with E-state index in [1.165, 1.54) is 0 Å². The summed E-state index contributed by atoms with van der Waals surface area (Å²) in [7, 11) is 0. The number of hydrogen-bond acceptors (Lipinski definition) is 4. The molecule has 7 nitrogen and oxygen atoms in total. The van der Waals surface area contributed by atoms with Gasteiger partial charge in [0.1, 0.15) is 6.04 Å². The number of rotatable bonds is 7. The second-order valence-electron chi connectivity index (χ2n) is 6.64. The summed E-state index contributed by atoms with van der Waals surface area (Å²) in [5.41, 5.74) is 6.77. The molecule has 4 N–H and O–H groups in total. The fourth-order valence-electron chi connectivity index (χ4n) is 2.67. The number of carbonyl (C=O) groups excluding carboxylic acids is 3. The van der Waals surface area contributed by atoms with Crippen molar-refractivity contribution < 1.29 is 14.4 Å². The van der Waals surface area contributed by atoms with Gasteiger partial charge in [-0.25, -0.2) is 0 Å². The Morgan fingerprint density at radius 3 is 2.54 bits per heavy atom. The van der Waals surface area contributed by atoms with Crippen LogP contribution in [0.3, 0.4) is 0 Å². The standard InChI is InChI=1S/C18H26N4O3.ClH/c1-12(2)16(19)17(24)20-10-15(23)21-14-8-9-22(18(14)25)11-13-6-4-3-5-7-13;/h3-7,12,14,16H,8-11,19H2,1-2H3,(H,20,24)(H,21,23);1H/t14?,16-;/m0./s1. The van der Waals surface area contributed by atoms with Crippen molar-refractivity contribution in [2.45, 2.75) is 38.9 Å². The fraction of sp³-hybridized carbons (Fsp3) is 0.500. The van der Waals surface area contributed by atoms with Crippen molar-refractivity contribution in [1.82, 2.24) is 15.5 Å². The Bertz CT molecular complexity index is 624. The van der Waals surface area contributed by atoms with E-state index in [4.69, 9.17) is 5.73 Å². The van der Waals surface area contributed by atoms with Crippen LogP contribution in [-0.4, -0.2) is 47.8 Å². The van der Waals surface area contributed by atoms with Crippen molar-refractivity contribution in [3.63, 3.8) is 0 Å². The van der Waals surface area contributed by atoms with Gasteiger partial charge in [-0.3, -0.25) is 14.4 Å². The van der Waals surface area contributed by atoms with Gasteiger partial charge in [0, 0.05) is 13.1 Å². The van der Waals surface area contributed by atoms with Gasteiger partial charge in [0.25, 0.3) is 0 Å². The van der Waals surface area contributed by atoms with Gasteiger partial charge in [0.05, 0.1) is 12.6 Å². The topological polar surface area (TPSA) is 105 Å². The number of nitrogens with one attached hydrogen (secondary N) is 2. The Morgan fingerprint density at radius 1 is 1.27 bits per heavy atom. The van der Waals surface area contributed by atoms with E-state index in [2.05, 4.69) is 10.6 Å². The van der Waals surface area contributed by atoms with Gasteiger partial charge in [-0.2, -0.15) is 0 Å². The Kier molecular flexibility index (Phi) is 8.54. The zero-order valence-electron chi connectivity index (χ0n) is 15.1. The van der Waals surface area contributed by atoms with E-state index < -0.39 is 12.1 Å². The number of carbonyl (C=O) groups is 3. The fourth-order valence-corrected chi connectivity index (χ4v) is 2.67. The number of nitrogens with two attached hydrogens (primary N) is 1. The predicted molar refractivity (Wildman–Crippen MR) is 101 cm³/mol. The lowest BCUT2D eigenvalue weighted by molar-refractivity contribution is -0.133. The predicted octanol–water partition coefficient (Wildman–Crippen LogP) is 0.425. The first-order valence-electron chi connectivity index (χ1n) is 8.54. The summed E-state index contributed by atoms with van der Waals surface area (Å²) in [6.07, 6.45) is 0.566. The minimum absolute atomic E-state index is 0. The molecule has 1 heterocycles. The van der Waals surface area contributed by atoms with Gasteiger partial charge in [-0.05, 0) is 17.9 Å². The zero-order valence-corrected chi connectivity index (χ0v) is 15.9. The molecule has 1 aliphatic heterocycles. The lowest BCUT2D eigenvalue weighted by Crippen LogP contribution is -2.49. The van der Waals surface area contributed by atoms with Crippen LogP contribution in [-0.2, 0) is 20.9 Å². The van der Waals surface area contributed by atoms with E-state index in [1.807, 2.05) is 44.2 Å². The van der Waals surface area contributed by atoms with Gasteiger partial charge in [-0.1, -0.05) is 44.2 Å². The maximum atomic E-state index is 12.4. The van der Waals surface area contributed by atoms with E-state index >= 15 is 0 Å². The summed E-state index contributed by atoms with van der Waals surface area (Å²) in [6.45, 7) is 4.63. The van der Waals surface area contributed by atoms with Gasteiger partial charge < -0.3 is 21.3 Å². The molecular weight excluding hydrogens is 356 g/mol. The van der Waals surface area contributed by atoms with Crippen LogP contribution in [0.2, 0.25) is 0 Å². The summed E-state index contributed by atoms with van der Waals surface area (Å²) in [6, 6.07) is 8.53. The van der Waals surface area contributed by atoms with Crippen LogP contribution in [0.1, 0.15) is 25.8 Å². The molecule has 0 radical (unpaired) electrons. The van der Waals surface area contributed by atoms with Crippen molar-refractivity contribution in [1.29, 1.82) is 0 Å². The number of halogens is 1. The highest BCUT2D eigenvalue weighted by atomic mass is 35.5. The molecule has 26 heavy (non-hydrogen) atoms. The molecular formula is C18H27ClN4O3. The van der Waals surface area contributed by atoms with Crippen LogP contribution in [0.4, 0.5) is 0 Å². The second kappa shape index (κ2) is 10.1. The molecule has 1 aromatic rings. The first kappa shape index (κ1) is 21.9. The number of hydrogen-bond donors (Lipinski definition) is 3. The molecule has 1 unspecified atom stereocenters. The van der Waals surface area contributed by atoms with Crippen LogP contribution >= 0.6 is 12.4 Å². The van der Waals surface area contributed by atoms with Crippen molar-refractivity contribution >= 4 is 30.1 Å². The van der Waals surface area contributed by atoms with E-state index in [0.717, 1.165) is 5.56 Å². The molecule has 2 atom stereocenters. The molecule has 0 aromatic heterocycles. The largest absolute Gasteiger partial charge is 0.346 e. The van der Waals surface area contributed by atoms with Crippen LogP contribution in [0, 0.1) is 5.92 Å². The lowest BCUT2D eigenvalue weighted by Gasteiger charge is -2.18. The zero-order chi connectivity index (χ0) is 18.4. The highest BCUT2D eigenvalue weighted by molar-refractivity contribution is 5.91. The van der Waals surface area contributed by atoms with E-state index in [0.29, 0.717) is 19.5 Å². The SMILES string of the molecule is CC(C)[C@H](N)C(=O)NCC(=O)NC1CCN(Cc2ccccc2)C1=O.Cl. The third kappa shape index (κ3) is 6.00. The van der Waals surface area contributed by atoms with Gasteiger partial charge in [0.15, 0.2) is 0 Å². The average molecular weight is 383 g/mol. The Labute approximate surface area is 160 Å². The first-order valence-corrected chi connectivity index (χ1v) is 8.54. The van der Waals surface area contributed by atoms with E-state index in [9.17, 15) is 14.4 Å². The van der Waals surface area contributed by atoms with E-state index in [1.54, 1.807) is 4.90 Å². The molecule has 3 amide bonds. The summed E-state index contributed by atoms with van der Waals surface area (Å²) in [4.78, 5) is 37.8. The molecule has 0 spiro atoms. The summed E-state index contributed by atoms with van der Waals surface area (Å²) in [5, 5.41) is 5.18. The second-order valence-corrected chi connectivity index (χ2v) is 6.64. The van der Waals surface area contributed by atoms with Crippen LogP contribution in [0.15, 0.2) is 30.3 Å². The Balaban J connectivity index is 0.00000338. The normalized spacial score (nSPS) is 17.6. The third-order valence-electron chi connectivity index (χ3n) is 4.29. The van der Waals surface area contributed by atoms with Crippen molar-refractivity contribution in [3.8, 4) is 0 Å². The average Bonchev–Trinajstić information content (AvgIpc) is 2.93. The smallest absolute Gasteiger partial charge is 0.245 e. The van der Waals surface area contributed by atoms with Gasteiger partial charge >= 0.3 is 0 Å². The van der Waals surface area contributed by atoms with E-state index in [-0.39, 0.29) is 42.6 Å². The molecule has 2 rings (SSSR count). The van der Waals surface area contributed by atoms with Crippen LogP contribution in [0.5, 0.6) is 0 Å². The molecule has 0 aliphatic carbocycles. The molecule has 144 valence electrons. The molecule has 0 saturated carbocycles. The van der Waals surface area contributed by atoms with Crippen molar-refractivity contribution in [2.24, 2.45) is 11.7 Å². The quantitative estimate of drug-likeness (QED) is 0.635. The molecule has 1 aromatic carbocycles. The molecule has 1 saturated heterocycles. The van der Waals surface area contributed by atoms with Crippen LogP contribution in [0.25, 0.3) is 0 Å². The summed E-state index contributed by atoms with van der Waals surface area (Å²) in [5.74, 6) is -0.855. The number of benzene rings is 1. The number of nitrogens with zero attached hydrogens (tertiary/aromatic N) is 1. The number of likely N-dealkylation sites (tertiary alicyclic amines) is 1. The molecule has 1 fully saturated rings. The number of amides is 3. The van der Waals surface area contributed by atoms with Crippen molar-refractivity contribution in [2.75, 3.05) is 13.1 Å². The summed E-state index contributed by atoms with van der Waals surface area (Å²) < 4.78 is 0. The molecule has 1 aliphatic rings. The lowest BCUT2D eigenvalue weighted by atomic mass is 10.1. The monoisotopic (exact) mass is 382 g/mol. The minimum atomic E-state index is -0.651. The molecule has 0 bridgehead atoms. The Hall–Kier alpha value is -2.12.